The molecule has 0 bridgehead atoms. The number of halogens is 1. The Kier molecular flexibility index (Phi) is 7.77. The van der Waals surface area contributed by atoms with Crippen molar-refractivity contribution in [3.63, 3.8) is 0 Å². The van der Waals surface area contributed by atoms with Gasteiger partial charge in [0.05, 0.1) is 25.8 Å². The minimum atomic E-state index is -0.436. The molecule has 3 rings (SSSR count). The molecule has 32 heavy (non-hydrogen) atoms. The lowest BCUT2D eigenvalue weighted by Crippen LogP contribution is -2.29. The number of ether oxygens (including phenoxy) is 1. The maximum Gasteiger partial charge on any atom is 0.321 e. The van der Waals surface area contributed by atoms with Gasteiger partial charge in [-0.15, -0.1) is 11.3 Å². The van der Waals surface area contributed by atoms with E-state index in [0.717, 1.165) is 16.9 Å². The summed E-state index contributed by atoms with van der Waals surface area (Å²) in [5, 5.41) is 7.53. The van der Waals surface area contributed by atoms with Crippen LogP contribution >= 0.6 is 11.3 Å². The molecule has 0 saturated carbocycles. The second-order valence-electron chi connectivity index (χ2n) is 7.31. The number of carbonyl (C=O) groups is 2. The highest BCUT2D eigenvalue weighted by molar-refractivity contribution is 7.13. The summed E-state index contributed by atoms with van der Waals surface area (Å²) >= 11 is 1.27. The molecule has 1 heterocycles. The molecule has 0 atom stereocenters. The van der Waals surface area contributed by atoms with Gasteiger partial charge < -0.3 is 15.0 Å². The Morgan fingerprint density at radius 2 is 2.00 bits per heavy atom. The summed E-state index contributed by atoms with van der Waals surface area (Å²) in [6, 6.07) is 11.3. The van der Waals surface area contributed by atoms with Gasteiger partial charge in [0.1, 0.15) is 11.6 Å². The lowest BCUT2D eigenvalue weighted by molar-refractivity contribution is -0.129. The topological polar surface area (TPSA) is 83.6 Å². The number of hydrogen-bond donors (Lipinski definition) is 2. The zero-order chi connectivity index (χ0) is 23.1. The third-order valence-electron chi connectivity index (χ3n) is 4.75. The second kappa shape index (κ2) is 10.7. The van der Waals surface area contributed by atoms with Crippen molar-refractivity contribution < 1.29 is 18.7 Å². The van der Waals surface area contributed by atoms with Gasteiger partial charge in [0.2, 0.25) is 5.91 Å². The predicted octanol–water partition coefficient (Wildman–Crippen LogP) is 4.12. The van der Waals surface area contributed by atoms with Crippen LogP contribution in [-0.4, -0.2) is 36.0 Å². The maximum absolute atomic E-state index is 13.2. The van der Waals surface area contributed by atoms with E-state index in [1.54, 1.807) is 36.6 Å². The molecule has 0 saturated heterocycles. The van der Waals surface area contributed by atoms with E-state index >= 15 is 0 Å². The zero-order valence-corrected chi connectivity index (χ0v) is 19.0. The van der Waals surface area contributed by atoms with Crippen molar-refractivity contribution in [3.05, 3.63) is 76.0 Å². The average Bonchev–Trinajstić information content (AvgIpc) is 3.19. The van der Waals surface area contributed by atoms with Crippen molar-refractivity contribution >= 4 is 28.4 Å². The molecular formula is C23H25FN4O3S. The molecule has 7 nitrogen and oxygen atoms in total. The van der Waals surface area contributed by atoms with Crippen LogP contribution in [0.25, 0.3) is 0 Å². The number of hydrogen-bond acceptors (Lipinski definition) is 5. The summed E-state index contributed by atoms with van der Waals surface area (Å²) < 4.78 is 18.5. The first-order valence-electron chi connectivity index (χ1n) is 9.95. The molecule has 0 unspecified atom stereocenters. The van der Waals surface area contributed by atoms with Gasteiger partial charge >= 0.3 is 6.03 Å². The Balaban J connectivity index is 1.48. The summed E-state index contributed by atoms with van der Waals surface area (Å²) in [4.78, 5) is 30.6. The first-order valence-corrected chi connectivity index (χ1v) is 10.8. The van der Waals surface area contributed by atoms with Crippen molar-refractivity contribution in [3.8, 4) is 5.75 Å². The molecule has 0 fully saturated rings. The summed E-state index contributed by atoms with van der Waals surface area (Å²) in [7, 11) is 3.34. The van der Waals surface area contributed by atoms with Gasteiger partial charge in [0, 0.05) is 19.0 Å². The number of likely N-dealkylation sites (N-methyl/N-ethyl adjacent to an activating group) is 1. The lowest BCUT2D eigenvalue weighted by atomic mass is 10.1. The normalized spacial score (nSPS) is 10.5. The number of benzene rings is 2. The summed E-state index contributed by atoms with van der Waals surface area (Å²) in [5.74, 6) is 0.400. The SMILES string of the molecule is COc1ccc(CC(=O)N(C)Cc2csc(NC(=O)NCc3cccc(F)c3)n2)cc1C. The molecule has 0 aliphatic heterocycles. The molecular weight excluding hydrogens is 431 g/mol. The van der Waals surface area contributed by atoms with E-state index < -0.39 is 6.03 Å². The van der Waals surface area contributed by atoms with Crippen LogP contribution in [0.5, 0.6) is 5.75 Å². The van der Waals surface area contributed by atoms with E-state index in [0.29, 0.717) is 22.9 Å². The van der Waals surface area contributed by atoms with Crippen LogP contribution in [0.2, 0.25) is 0 Å². The van der Waals surface area contributed by atoms with Crippen LogP contribution in [-0.2, 0) is 24.3 Å². The number of methoxy groups -OCH3 is 1. The van der Waals surface area contributed by atoms with Crippen LogP contribution in [0, 0.1) is 12.7 Å². The number of nitrogens with zero attached hydrogens (tertiary/aromatic N) is 2. The van der Waals surface area contributed by atoms with Crippen LogP contribution < -0.4 is 15.4 Å². The highest BCUT2D eigenvalue weighted by atomic mass is 32.1. The van der Waals surface area contributed by atoms with E-state index in [9.17, 15) is 14.0 Å². The van der Waals surface area contributed by atoms with E-state index in [1.807, 2.05) is 25.1 Å². The zero-order valence-electron chi connectivity index (χ0n) is 18.1. The molecule has 0 radical (unpaired) electrons. The van der Waals surface area contributed by atoms with Crippen LogP contribution in [0.3, 0.4) is 0 Å². The number of rotatable bonds is 8. The molecule has 3 amide bonds. The van der Waals surface area contributed by atoms with Gasteiger partial charge in [-0.05, 0) is 41.8 Å². The highest BCUT2D eigenvalue weighted by Crippen LogP contribution is 2.20. The number of aromatic nitrogens is 1. The van der Waals surface area contributed by atoms with Crippen LogP contribution in [0.1, 0.15) is 22.4 Å². The largest absolute Gasteiger partial charge is 0.496 e. The van der Waals surface area contributed by atoms with Crippen molar-refractivity contribution in [2.24, 2.45) is 0 Å². The molecule has 2 aromatic carbocycles. The fraction of sp³-hybridized carbons (Fsp3) is 0.261. The Hall–Kier alpha value is -3.46. The van der Waals surface area contributed by atoms with E-state index in [4.69, 9.17) is 4.74 Å². The maximum atomic E-state index is 13.2. The van der Waals surface area contributed by atoms with Crippen LogP contribution in [0.15, 0.2) is 47.8 Å². The van der Waals surface area contributed by atoms with Crippen LogP contribution in [0.4, 0.5) is 14.3 Å². The number of urea groups is 1. The minimum Gasteiger partial charge on any atom is -0.496 e. The standard InChI is InChI=1S/C23H25FN4O3S/c1-15-9-16(7-8-20(15)31-3)11-21(29)28(2)13-19-14-32-23(26-19)27-22(30)25-12-17-5-4-6-18(24)10-17/h4-10,14H,11-13H2,1-3H3,(H2,25,26,27,30). The van der Waals surface area contributed by atoms with Gasteiger partial charge in [0.15, 0.2) is 5.13 Å². The van der Waals surface area contributed by atoms with E-state index in [-0.39, 0.29) is 24.7 Å². The highest BCUT2D eigenvalue weighted by Gasteiger charge is 2.14. The molecule has 9 heteroatoms. The molecule has 0 aliphatic rings. The Morgan fingerprint density at radius 3 is 2.72 bits per heavy atom. The smallest absolute Gasteiger partial charge is 0.321 e. The van der Waals surface area contributed by atoms with Crippen molar-refractivity contribution in [1.82, 2.24) is 15.2 Å². The Bertz CT molecular complexity index is 1100. The third kappa shape index (κ3) is 6.52. The fourth-order valence-electron chi connectivity index (χ4n) is 3.10. The predicted molar refractivity (Wildman–Crippen MR) is 122 cm³/mol. The second-order valence-corrected chi connectivity index (χ2v) is 8.17. The quantitative estimate of drug-likeness (QED) is 0.534. The Labute approximate surface area is 190 Å². The van der Waals surface area contributed by atoms with Gasteiger partial charge in [0.25, 0.3) is 0 Å². The number of anilines is 1. The first-order chi connectivity index (χ1) is 15.3. The van der Waals surface area contributed by atoms with Gasteiger partial charge in [-0.1, -0.05) is 24.3 Å². The molecule has 168 valence electrons. The van der Waals surface area contributed by atoms with Crippen molar-refractivity contribution in [2.45, 2.75) is 26.4 Å². The molecule has 2 N–H and O–H groups in total. The summed E-state index contributed by atoms with van der Waals surface area (Å²) in [6.07, 6.45) is 0.277. The van der Waals surface area contributed by atoms with Gasteiger partial charge in [-0.2, -0.15) is 0 Å². The summed E-state index contributed by atoms with van der Waals surface area (Å²) in [5.41, 5.74) is 3.23. The van der Waals surface area contributed by atoms with Crippen molar-refractivity contribution in [2.75, 3.05) is 19.5 Å². The van der Waals surface area contributed by atoms with E-state index in [2.05, 4.69) is 15.6 Å². The third-order valence-corrected chi connectivity index (χ3v) is 5.56. The average molecular weight is 457 g/mol. The number of carbonyl (C=O) groups excluding carboxylic acids is 2. The number of nitrogens with one attached hydrogen (secondary N) is 2. The summed E-state index contributed by atoms with van der Waals surface area (Å²) in [6.45, 7) is 2.47. The number of thiazole rings is 1. The monoisotopic (exact) mass is 456 g/mol. The fourth-order valence-corrected chi connectivity index (χ4v) is 3.80. The lowest BCUT2D eigenvalue weighted by Gasteiger charge is -2.16. The first kappa shape index (κ1) is 23.2. The molecule has 0 aliphatic carbocycles. The minimum absolute atomic E-state index is 0.0371. The van der Waals surface area contributed by atoms with Crippen molar-refractivity contribution in [1.29, 1.82) is 0 Å². The van der Waals surface area contributed by atoms with Gasteiger partial charge in [-0.3, -0.25) is 10.1 Å². The number of aryl methyl sites for hydroxylation is 1. The number of amides is 3. The Morgan fingerprint density at radius 1 is 1.19 bits per heavy atom. The molecule has 3 aromatic rings. The van der Waals surface area contributed by atoms with E-state index in [1.165, 1.54) is 23.5 Å². The molecule has 0 spiro atoms. The molecule has 1 aromatic heterocycles. The van der Waals surface area contributed by atoms with Gasteiger partial charge in [-0.25, -0.2) is 14.2 Å².